The van der Waals surface area contributed by atoms with Crippen LogP contribution in [0, 0.1) is 11.3 Å². The molecule has 32 heavy (non-hydrogen) atoms. The lowest BCUT2D eigenvalue weighted by Gasteiger charge is -2.25. The normalized spacial score (nSPS) is 14.9. The molecule has 1 aliphatic carbocycles. The van der Waals surface area contributed by atoms with E-state index in [1.54, 1.807) is 12.3 Å². The van der Waals surface area contributed by atoms with Gasteiger partial charge in [-0.1, -0.05) is 30.3 Å². The molecule has 0 saturated heterocycles. The van der Waals surface area contributed by atoms with Crippen molar-refractivity contribution >= 4 is 28.2 Å². The van der Waals surface area contributed by atoms with Crippen LogP contribution in [0.1, 0.15) is 33.5 Å². The standard InChI is InChI=1S/C27H22N4O/c28-17-18-5-6-20-13-14-29-26(25(20)15-18)30-23-10-8-21(9-11-23)27(32)31-24-12-7-19-3-1-2-4-22(19)16-24/h1-6,8-11,13-15,24H,7,12,16H2,(H,29,30)(H,31,32). The summed E-state index contributed by atoms with van der Waals surface area (Å²) in [5.74, 6) is 0.626. The largest absolute Gasteiger partial charge is 0.349 e. The van der Waals surface area contributed by atoms with E-state index in [4.69, 9.17) is 0 Å². The van der Waals surface area contributed by atoms with E-state index in [0.29, 0.717) is 16.9 Å². The van der Waals surface area contributed by atoms with Gasteiger partial charge >= 0.3 is 0 Å². The van der Waals surface area contributed by atoms with Gasteiger partial charge < -0.3 is 10.6 Å². The highest BCUT2D eigenvalue weighted by molar-refractivity contribution is 5.96. The monoisotopic (exact) mass is 418 g/mol. The topological polar surface area (TPSA) is 77.8 Å². The zero-order valence-electron chi connectivity index (χ0n) is 17.5. The molecule has 156 valence electrons. The number of amides is 1. The highest BCUT2D eigenvalue weighted by Gasteiger charge is 2.20. The number of carbonyl (C=O) groups excluding carboxylic acids is 1. The Bertz CT molecular complexity index is 1340. The molecule has 5 heteroatoms. The molecular weight excluding hydrogens is 396 g/mol. The first kappa shape index (κ1) is 19.8. The van der Waals surface area contributed by atoms with Crippen LogP contribution in [0.15, 0.2) is 79.0 Å². The lowest BCUT2D eigenvalue weighted by atomic mass is 9.88. The number of anilines is 2. The smallest absolute Gasteiger partial charge is 0.251 e. The second kappa shape index (κ2) is 8.52. The molecule has 1 amide bonds. The second-order valence-electron chi connectivity index (χ2n) is 8.09. The van der Waals surface area contributed by atoms with Crippen molar-refractivity contribution in [1.29, 1.82) is 5.26 Å². The zero-order valence-corrected chi connectivity index (χ0v) is 17.5. The van der Waals surface area contributed by atoms with Crippen molar-refractivity contribution in [3.8, 4) is 6.07 Å². The Morgan fingerprint density at radius 3 is 2.62 bits per heavy atom. The average Bonchev–Trinajstić information content (AvgIpc) is 2.84. The van der Waals surface area contributed by atoms with Gasteiger partial charge in [0.25, 0.3) is 5.91 Å². The maximum absolute atomic E-state index is 12.8. The minimum atomic E-state index is -0.0529. The van der Waals surface area contributed by atoms with Gasteiger partial charge in [-0.3, -0.25) is 4.79 Å². The Morgan fingerprint density at radius 2 is 1.81 bits per heavy atom. The number of nitriles is 1. The van der Waals surface area contributed by atoms with Crippen LogP contribution in [0.25, 0.3) is 10.8 Å². The van der Waals surface area contributed by atoms with E-state index < -0.39 is 0 Å². The number of pyridine rings is 1. The van der Waals surface area contributed by atoms with Crippen LogP contribution in [0.4, 0.5) is 11.5 Å². The molecule has 0 saturated carbocycles. The van der Waals surface area contributed by atoms with Gasteiger partial charge in [0.05, 0.1) is 11.6 Å². The molecule has 1 aliphatic rings. The summed E-state index contributed by atoms with van der Waals surface area (Å²) in [5.41, 5.74) is 4.76. The van der Waals surface area contributed by atoms with Crippen LogP contribution >= 0.6 is 0 Å². The summed E-state index contributed by atoms with van der Waals surface area (Å²) in [6.45, 7) is 0. The summed E-state index contributed by atoms with van der Waals surface area (Å²) in [4.78, 5) is 17.2. The summed E-state index contributed by atoms with van der Waals surface area (Å²) in [7, 11) is 0. The van der Waals surface area contributed by atoms with Crippen LogP contribution < -0.4 is 10.6 Å². The average molecular weight is 419 g/mol. The molecule has 1 unspecified atom stereocenters. The minimum absolute atomic E-state index is 0.0529. The molecular formula is C27H22N4O. The second-order valence-corrected chi connectivity index (χ2v) is 8.09. The van der Waals surface area contributed by atoms with E-state index in [-0.39, 0.29) is 11.9 Å². The highest BCUT2D eigenvalue weighted by atomic mass is 16.1. The molecule has 3 aromatic carbocycles. The summed E-state index contributed by atoms with van der Waals surface area (Å²) < 4.78 is 0. The highest BCUT2D eigenvalue weighted by Crippen LogP contribution is 2.26. The van der Waals surface area contributed by atoms with Crippen molar-refractivity contribution in [2.24, 2.45) is 0 Å². The molecule has 0 bridgehead atoms. The molecule has 4 aromatic rings. The number of hydrogen-bond acceptors (Lipinski definition) is 4. The van der Waals surface area contributed by atoms with Crippen molar-refractivity contribution in [1.82, 2.24) is 10.3 Å². The predicted octanol–water partition coefficient (Wildman–Crippen LogP) is 5.14. The van der Waals surface area contributed by atoms with E-state index >= 15 is 0 Å². The Kier molecular flexibility index (Phi) is 5.27. The lowest BCUT2D eigenvalue weighted by Crippen LogP contribution is -2.38. The fraction of sp³-hybridized carbons (Fsp3) is 0.148. The first-order chi connectivity index (χ1) is 15.7. The summed E-state index contributed by atoms with van der Waals surface area (Å²) in [6.07, 6.45) is 4.56. The molecule has 2 N–H and O–H groups in total. The van der Waals surface area contributed by atoms with Crippen molar-refractivity contribution < 1.29 is 4.79 Å². The first-order valence-corrected chi connectivity index (χ1v) is 10.7. The molecule has 0 radical (unpaired) electrons. The maximum Gasteiger partial charge on any atom is 0.251 e. The summed E-state index contributed by atoms with van der Waals surface area (Å²) in [6, 6.07) is 25.6. The van der Waals surface area contributed by atoms with Crippen LogP contribution in [0.3, 0.4) is 0 Å². The Morgan fingerprint density at radius 1 is 1.00 bits per heavy atom. The van der Waals surface area contributed by atoms with E-state index in [0.717, 1.165) is 35.7 Å². The number of benzene rings is 3. The molecule has 5 nitrogen and oxygen atoms in total. The number of nitrogens with zero attached hydrogens (tertiary/aromatic N) is 2. The van der Waals surface area contributed by atoms with Gasteiger partial charge in [0.2, 0.25) is 0 Å². The number of rotatable bonds is 4. The number of hydrogen-bond donors (Lipinski definition) is 2. The van der Waals surface area contributed by atoms with Crippen molar-refractivity contribution in [2.45, 2.75) is 25.3 Å². The van der Waals surface area contributed by atoms with Crippen LogP contribution in [-0.4, -0.2) is 16.9 Å². The third-order valence-electron chi connectivity index (χ3n) is 5.99. The van der Waals surface area contributed by atoms with Crippen molar-refractivity contribution in [2.75, 3.05) is 5.32 Å². The molecule has 0 aliphatic heterocycles. The van der Waals surface area contributed by atoms with E-state index in [1.165, 1.54) is 11.1 Å². The van der Waals surface area contributed by atoms with Crippen LogP contribution in [-0.2, 0) is 12.8 Å². The first-order valence-electron chi connectivity index (χ1n) is 10.7. The third kappa shape index (κ3) is 4.03. The summed E-state index contributed by atoms with van der Waals surface area (Å²) in [5, 5.41) is 17.6. The molecule has 1 atom stereocenters. The van der Waals surface area contributed by atoms with Gasteiger partial charge in [0.15, 0.2) is 0 Å². The Labute approximate surface area is 186 Å². The number of carbonyl (C=O) groups is 1. The van der Waals surface area contributed by atoms with Gasteiger partial charge in [-0.2, -0.15) is 5.26 Å². The van der Waals surface area contributed by atoms with Crippen LogP contribution in [0.5, 0.6) is 0 Å². The summed E-state index contributed by atoms with van der Waals surface area (Å²) >= 11 is 0. The minimum Gasteiger partial charge on any atom is -0.349 e. The third-order valence-corrected chi connectivity index (χ3v) is 5.99. The van der Waals surface area contributed by atoms with Crippen molar-refractivity contribution in [3.63, 3.8) is 0 Å². The SMILES string of the molecule is N#Cc1ccc2ccnc(Nc3ccc(C(=O)NC4CCc5ccccc5C4)cc3)c2c1. The Balaban J connectivity index is 1.28. The molecule has 0 fully saturated rings. The van der Waals surface area contributed by atoms with E-state index in [2.05, 4.69) is 46.0 Å². The molecule has 0 spiro atoms. The zero-order chi connectivity index (χ0) is 21.9. The van der Waals surface area contributed by atoms with E-state index in [1.807, 2.05) is 42.5 Å². The maximum atomic E-state index is 12.8. The number of aromatic nitrogens is 1. The fourth-order valence-corrected chi connectivity index (χ4v) is 4.27. The fourth-order valence-electron chi connectivity index (χ4n) is 4.27. The van der Waals surface area contributed by atoms with Crippen molar-refractivity contribution in [3.05, 3.63) is 101 Å². The van der Waals surface area contributed by atoms with Crippen LogP contribution in [0.2, 0.25) is 0 Å². The Hall–Kier alpha value is -4.17. The lowest BCUT2D eigenvalue weighted by molar-refractivity contribution is 0.0933. The predicted molar refractivity (Wildman–Crippen MR) is 126 cm³/mol. The van der Waals surface area contributed by atoms with E-state index in [9.17, 15) is 10.1 Å². The van der Waals surface area contributed by atoms with Gasteiger partial charge in [-0.15, -0.1) is 0 Å². The quantitative estimate of drug-likeness (QED) is 0.481. The molecule has 1 aromatic heterocycles. The van der Waals surface area contributed by atoms with Gasteiger partial charge in [0, 0.05) is 28.9 Å². The number of aryl methyl sites for hydroxylation is 1. The number of nitrogens with one attached hydrogen (secondary N) is 2. The number of fused-ring (bicyclic) bond motifs is 2. The molecule has 5 rings (SSSR count). The van der Waals surface area contributed by atoms with Gasteiger partial charge in [0.1, 0.15) is 5.82 Å². The molecule has 1 heterocycles. The van der Waals surface area contributed by atoms with Gasteiger partial charge in [-0.25, -0.2) is 4.98 Å². The van der Waals surface area contributed by atoms with Gasteiger partial charge in [-0.05, 0) is 78.2 Å².